The lowest BCUT2D eigenvalue weighted by Crippen LogP contribution is -2.20. The molecule has 1 atom stereocenters. The highest BCUT2D eigenvalue weighted by molar-refractivity contribution is 7.54. The average molecular weight is 503 g/mol. The summed E-state index contributed by atoms with van der Waals surface area (Å²) in [7, 11) is -3.62. The first kappa shape index (κ1) is 25.7. The van der Waals surface area contributed by atoms with Crippen LogP contribution in [-0.2, 0) is 26.6 Å². The molecule has 0 amide bonds. The number of aromatic nitrogens is 3. The lowest BCUT2D eigenvalue weighted by atomic mass is 10.0. The van der Waals surface area contributed by atoms with Crippen molar-refractivity contribution in [3.8, 4) is 0 Å². The van der Waals surface area contributed by atoms with Crippen molar-refractivity contribution in [1.82, 2.24) is 15.0 Å². The smallest absolute Gasteiger partial charge is 0.307 e. The molecule has 0 saturated carbocycles. The van der Waals surface area contributed by atoms with Crippen LogP contribution < -0.4 is 0 Å². The van der Waals surface area contributed by atoms with Crippen molar-refractivity contribution in [1.29, 1.82) is 0 Å². The number of aliphatic imine (C=N–C) groups is 1. The normalized spacial score (nSPS) is 12.3. The fourth-order valence-corrected chi connectivity index (χ4v) is 5.77. The second kappa shape index (κ2) is 12.5. The van der Waals surface area contributed by atoms with Crippen molar-refractivity contribution >= 4 is 13.3 Å². The Kier molecular flexibility index (Phi) is 8.95. The zero-order chi connectivity index (χ0) is 25.2. The summed E-state index contributed by atoms with van der Waals surface area (Å²) in [6.45, 7) is 4.66. The molecule has 0 N–H and O–H groups in total. The van der Waals surface area contributed by atoms with Crippen molar-refractivity contribution in [2.24, 2.45) is 4.99 Å². The predicted molar refractivity (Wildman–Crippen MR) is 142 cm³/mol. The van der Waals surface area contributed by atoms with Gasteiger partial charge in [0, 0.05) is 17.5 Å². The highest BCUT2D eigenvalue weighted by Crippen LogP contribution is 2.54. The molecule has 4 rings (SSSR count). The van der Waals surface area contributed by atoms with Gasteiger partial charge in [0.15, 0.2) is 5.78 Å². The monoisotopic (exact) mass is 502 g/mol. The van der Waals surface area contributed by atoms with Crippen LogP contribution in [0.5, 0.6) is 0 Å². The minimum Gasteiger partial charge on any atom is -0.307 e. The van der Waals surface area contributed by atoms with Crippen LogP contribution in [0.3, 0.4) is 0 Å². The standard InChI is InChI=1S/C28H31N4O3P/c1-3-34-36(33,35-4-2)27(20-26-21-29-31-32(26)22-23-14-8-5-9-15-23)30-28(24-16-10-6-11-17-24)25-18-12-7-13-19-25/h5-19,21,27H,3-4,20,22H2,1-2H3. The zero-order valence-electron chi connectivity index (χ0n) is 20.6. The Hall–Kier alpha value is -3.38. The van der Waals surface area contributed by atoms with Crippen LogP contribution in [0.1, 0.15) is 36.2 Å². The van der Waals surface area contributed by atoms with Crippen LogP contribution >= 0.6 is 7.60 Å². The lowest BCUT2D eigenvalue weighted by Gasteiger charge is -2.25. The molecule has 0 aliphatic rings. The summed E-state index contributed by atoms with van der Waals surface area (Å²) in [6, 6.07) is 29.8. The maximum absolute atomic E-state index is 14.1. The number of rotatable bonds is 12. The number of hydrogen-bond acceptors (Lipinski definition) is 6. The summed E-state index contributed by atoms with van der Waals surface area (Å²) in [5.74, 6) is -0.791. The number of hydrogen-bond donors (Lipinski definition) is 0. The van der Waals surface area contributed by atoms with E-state index in [1.54, 1.807) is 6.20 Å². The second-order valence-corrected chi connectivity index (χ2v) is 10.3. The lowest BCUT2D eigenvalue weighted by molar-refractivity contribution is 0.212. The molecule has 4 aromatic rings. The van der Waals surface area contributed by atoms with Crippen molar-refractivity contribution in [2.75, 3.05) is 13.2 Å². The molecule has 0 saturated heterocycles. The fraction of sp³-hybridized carbons (Fsp3) is 0.250. The molecule has 3 aromatic carbocycles. The molecular formula is C28H31N4O3P. The van der Waals surface area contributed by atoms with Gasteiger partial charge in [-0.3, -0.25) is 9.56 Å². The third-order valence-electron chi connectivity index (χ3n) is 5.62. The van der Waals surface area contributed by atoms with Crippen molar-refractivity contribution in [3.05, 3.63) is 120 Å². The van der Waals surface area contributed by atoms with Crippen molar-refractivity contribution in [3.63, 3.8) is 0 Å². The minimum absolute atomic E-state index is 0.247. The Morgan fingerprint density at radius 1 is 0.861 bits per heavy atom. The van der Waals surface area contributed by atoms with E-state index in [1.807, 2.05) is 110 Å². The van der Waals surface area contributed by atoms with Gasteiger partial charge in [-0.25, -0.2) is 4.68 Å². The maximum Gasteiger partial charge on any atom is 0.355 e. The summed E-state index contributed by atoms with van der Waals surface area (Å²) < 4.78 is 27.5. The molecule has 1 heterocycles. The van der Waals surface area contributed by atoms with Crippen LogP contribution in [0.25, 0.3) is 0 Å². The SMILES string of the molecule is CCOP(=O)(OCC)C(Cc1cnnn1Cc1ccccc1)N=C(c1ccccc1)c1ccccc1. The highest BCUT2D eigenvalue weighted by atomic mass is 31.2. The van der Waals surface area contributed by atoms with Gasteiger partial charge in [-0.2, -0.15) is 0 Å². The van der Waals surface area contributed by atoms with Gasteiger partial charge in [0.2, 0.25) is 0 Å². The Morgan fingerprint density at radius 2 is 1.39 bits per heavy atom. The summed E-state index contributed by atoms with van der Waals surface area (Å²) in [5.41, 5.74) is 4.46. The van der Waals surface area contributed by atoms with Gasteiger partial charge < -0.3 is 9.05 Å². The van der Waals surface area contributed by atoms with Gasteiger partial charge in [0.25, 0.3) is 0 Å². The minimum atomic E-state index is -3.62. The zero-order valence-corrected chi connectivity index (χ0v) is 21.5. The molecule has 0 spiro atoms. The van der Waals surface area contributed by atoms with Crippen LogP contribution in [-0.4, -0.2) is 39.7 Å². The van der Waals surface area contributed by atoms with Gasteiger partial charge >= 0.3 is 7.60 Å². The number of nitrogens with zero attached hydrogens (tertiary/aromatic N) is 4. The summed E-state index contributed by atoms with van der Waals surface area (Å²) in [5, 5.41) is 8.41. The fourth-order valence-electron chi connectivity index (χ4n) is 3.97. The molecule has 7 nitrogen and oxygen atoms in total. The molecule has 1 aromatic heterocycles. The van der Waals surface area contributed by atoms with E-state index in [-0.39, 0.29) is 13.2 Å². The summed E-state index contributed by atoms with van der Waals surface area (Å²) >= 11 is 0. The van der Waals surface area contributed by atoms with E-state index in [4.69, 9.17) is 14.0 Å². The highest BCUT2D eigenvalue weighted by Gasteiger charge is 2.37. The Morgan fingerprint density at radius 3 is 1.92 bits per heavy atom. The molecule has 0 aliphatic heterocycles. The molecule has 36 heavy (non-hydrogen) atoms. The maximum atomic E-state index is 14.1. The Bertz CT molecular complexity index is 1240. The van der Waals surface area contributed by atoms with Crippen molar-refractivity contribution in [2.45, 2.75) is 32.6 Å². The quantitative estimate of drug-likeness (QED) is 0.175. The van der Waals surface area contributed by atoms with E-state index in [9.17, 15) is 4.57 Å². The third-order valence-corrected chi connectivity index (χ3v) is 7.88. The molecule has 186 valence electrons. The Balaban J connectivity index is 1.79. The predicted octanol–water partition coefficient (Wildman–Crippen LogP) is 6.00. The molecule has 0 fully saturated rings. The van der Waals surface area contributed by atoms with Gasteiger partial charge in [-0.15, -0.1) is 5.10 Å². The van der Waals surface area contributed by atoms with Gasteiger partial charge in [-0.1, -0.05) is 96.2 Å². The Labute approximate surface area is 212 Å². The van der Waals surface area contributed by atoms with Crippen molar-refractivity contribution < 1.29 is 13.6 Å². The summed E-state index contributed by atoms with van der Waals surface area (Å²) in [4.78, 5) is 5.08. The first-order valence-corrected chi connectivity index (χ1v) is 13.7. The third kappa shape index (κ3) is 6.43. The van der Waals surface area contributed by atoms with Gasteiger partial charge in [0.05, 0.1) is 37.4 Å². The molecule has 0 bridgehead atoms. The van der Waals surface area contributed by atoms with Gasteiger partial charge in [-0.05, 0) is 19.4 Å². The summed E-state index contributed by atoms with van der Waals surface area (Å²) in [6.07, 6.45) is 1.98. The second-order valence-electron chi connectivity index (χ2n) is 8.14. The van der Waals surface area contributed by atoms with E-state index < -0.39 is 13.4 Å². The van der Waals surface area contributed by atoms with Gasteiger partial charge in [0.1, 0.15) is 0 Å². The molecule has 1 unspecified atom stereocenters. The van der Waals surface area contributed by atoms with Crippen LogP contribution in [0, 0.1) is 0 Å². The molecule has 0 aliphatic carbocycles. The van der Waals surface area contributed by atoms with Crippen LogP contribution in [0.15, 0.2) is 102 Å². The average Bonchev–Trinajstić information content (AvgIpc) is 3.34. The first-order valence-electron chi connectivity index (χ1n) is 12.1. The molecular weight excluding hydrogens is 471 g/mol. The van der Waals surface area contributed by atoms with E-state index in [0.717, 1.165) is 28.1 Å². The number of benzene rings is 3. The topological polar surface area (TPSA) is 78.6 Å². The van der Waals surface area contributed by atoms with E-state index >= 15 is 0 Å². The molecule has 8 heteroatoms. The van der Waals surface area contributed by atoms with Crippen LogP contribution in [0.4, 0.5) is 0 Å². The molecule has 0 radical (unpaired) electrons. The van der Waals surface area contributed by atoms with E-state index in [0.29, 0.717) is 13.0 Å². The van der Waals surface area contributed by atoms with E-state index in [1.165, 1.54) is 0 Å². The largest absolute Gasteiger partial charge is 0.355 e. The van der Waals surface area contributed by atoms with E-state index in [2.05, 4.69) is 10.3 Å². The van der Waals surface area contributed by atoms with Crippen LogP contribution in [0.2, 0.25) is 0 Å². The first-order chi connectivity index (χ1) is 17.6.